The first-order chi connectivity index (χ1) is 7.51. The normalized spacial score (nSPS) is 20.2. The molecule has 1 aliphatic heterocycles. The summed E-state index contributed by atoms with van der Waals surface area (Å²) in [5.74, 6) is 0. The van der Waals surface area contributed by atoms with Gasteiger partial charge in [0.2, 0.25) is 0 Å². The van der Waals surface area contributed by atoms with E-state index in [1.54, 1.807) is 0 Å². The van der Waals surface area contributed by atoms with Crippen LogP contribution in [0, 0.1) is 0 Å². The molecule has 0 atom stereocenters. The highest BCUT2D eigenvalue weighted by molar-refractivity contribution is 4.78. The Hall–Kier alpha value is -0.330. The van der Waals surface area contributed by atoms with Gasteiger partial charge < -0.3 is 11.1 Å². The van der Waals surface area contributed by atoms with Crippen molar-refractivity contribution < 1.29 is 13.2 Å². The third-order valence-corrected chi connectivity index (χ3v) is 2.80. The predicted molar refractivity (Wildman–Crippen MR) is 57.2 cm³/mol. The Morgan fingerprint density at radius 3 is 2.38 bits per heavy atom. The monoisotopic (exact) mass is 239 g/mol. The Morgan fingerprint density at radius 2 is 1.88 bits per heavy atom. The molecule has 0 unspecified atom stereocenters. The molecule has 1 saturated heterocycles. The molecule has 3 nitrogen and oxygen atoms in total. The fourth-order valence-corrected chi connectivity index (χ4v) is 1.96. The smallest absolute Gasteiger partial charge is 0.330 e. The molecule has 1 heterocycles. The van der Waals surface area contributed by atoms with E-state index in [0.29, 0.717) is 25.7 Å². The summed E-state index contributed by atoms with van der Waals surface area (Å²) in [6.45, 7) is 1.79. The van der Waals surface area contributed by atoms with Crippen LogP contribution in [0.2, 0.25) is 0 Å². The van der Waals surface area contributed by atoms with Gasteiger partial charge in [-0.1, -0.05) is 0 Å². The maximum absolute atomic E-state index is 12.1. The topological polar surface area (TPSA) is 41.3 Å². The van der Waals surface area contributed by atoms with Gasteiger partial charge in [0.25, 0.3) is 0 Å². The number of halogens is 3. The molecule has 0 aromatic carbocycles. The summed E-state index contributed by atoms with van der Waals surface area (Å²) in [7, 11) is 0. The lowest BCUT2D eigenvalue weighted by Gasteiger charge is -2.32. The Bertz CT molecular complexity index is 188. The number of nitrogens with zero attached hydrogens (tertiary/aromatic N) is 1. The van der Waals surface area contributed by atoms with Crippen molar-refractivity contribution >= 4 is 0 Å². The third-order valence-electron chi connectivity index (χ3n) is 2.80. The maximum atomic E-state index is 12.1. The molecule has 0 spiro atoms. The van der Waals surface area contributed by atoms with Gasteiger partial charge in [-0.15, -0.1) is 0 Å². The molecule has 3 N–H and O–H groups in total. The fourth-order valence-electron chi connectivity index (χ4n) is 1.96. The van der Waals surface area contributed by atoms with Gasteiger partial charge in [0.15, 0.2) is 0 Å². The van der Waals surface area contributed by atoms with E-state index in [9.17, 15) is 13.2 Å². The highest BCUT2D eigenvalue weighted by Crippen LogP contribution is 2.19. The number of hydrogen-bond donors (Lipinski definition) is 2. The van der Waals surface area contributed by atoms with Crippen molar-refractivity contribution in [1.82, 2.24) is 10.2 Å². The summed E-state index contributed by atoms with van der Waals surface area (Å²) in [5, 5.41) is 3.32. The second kappa shape index (κ2) is 6.42. The molecule has 0 amide bonds. The van der Waals surface area contributed by atoms with E-state index in [2.05, 4.69) is 5.32 Å². The van der Waals surface area contributed by atoms with Crippen LogP contribution in [0.5, 0.6) is 0 Å². The van der Waals surface area contributed by atoms with Crippen molar-refractivity contribution in [3.05, 3.63) is 0 Å². The first kappa shape index (κ1) is 13.7. The van der Waals surface area contributed by atoms with Crippen molar-refractivity contribution in [3.8, 4) is 0 Å². The van der Waals surface area contributed by atoms with Crippen LogP contribution in [0.4, 0.5) is 13.2 Å². The summed E-state index contributed by atoms with van der Waals surface area (Å²) in [6, 6.07) is 0.357. The minimum Gasteiger partial charge on any atom is -0.330 e. The molecule has 16 heavy (non-hydrogen) atoms. The van der Waals surface area contributed by atoms with Crippen LogP contribution in [0.25, 0.3) is 0 Å². The Balaban J connectivity index is 2.13. The number of alkyl halides is 3. The molecule has 0 aromatic rings. The van der Waals surface area contributed by atoms with Gasteiger partial charge in [0, 0.05) is 6.04 Å². The van der Waals surface area contributed by atoms with E-state index in [1.807, 2.05) is 0 Å². The average molecular weight is 239 g/mol. The van der Waals surface area contributed by atoms with Crippen molar-refractivity contribution in [2.45, 2.75) is 31.5 Å². The van der Waals surface area contributed by atoms with Crippen LogP contribution in [-0.2, 0) is 0 Å². The van der Waals surface area contributed by atoms with Crippen LogP contribution >= 0.6 is 0 Å². The lowest BCUT2D eigenvalue weighted by atomic mass is 10.0. The van der Waals surface area contributed by atoms with Crippen LogP contribution < -0.4 is 11.1 Å². The van der Waals surface area contributed by atoms with Gasteiger partial charge in [0.05, 0.1) is 6.54 Å². The molecule has 6 heteroatoms. The zero-order valence-corrected chi connectivity index (χ0v) is 9.39. The number of nitrogens with two attached hydrogens (primary N) is 1. The largest absolute Gasteiger partial charge is 0.401 e. The molecular formula is C10H20F3N3. The quantitative estimate of drug-likeness (QED) is 0.702. The van der Waals surface area contributed by atoms with Crippen LogP contribution in [0.1, 0.15) is 19.3 Å². The lowest BCUT2D eigenvalue weighted by Crippen LogP contribution is -2.45. The standard InChI is InChI=1S/C10H20F3N3/c11-10(12,13)8-16-6-2-9(3-7-16)15-5-1-4-14/h9,15H,1-8,14H2. The van der Waals surface area contributed by atoms with Gasteiger partial charge >= 0.3 is 6.18 Å². The zero-order chi connectivity index (χ0) is 12.0. The lowest BCUT2D eigenvalue weighted by molar-refractivity contribution is -0.148. The minimum absolute atomic E-state index is 0.357. The average Bonchev–Trinajstić information content (AvgIpc) is 2.19. The SMILES string of the molecule is NCCCNC1CCN(CC(F)(F)F)CC1. The van der Waals surface area contributed by atoms with Gasteiger partial charge in [-0.05, 0) is 45.4 Å². The number of nitrogens with one attached hydrogen (secondary N) is 1. The molecule has 96 valence electrons. The molecule has 1 rings (SSSR count). The second-order valence-corrected chi connectivity index (χ2v) is 4.26. The van der Waals surface area contributed by atoms with Crippen molar-refractivity contribution in [3.63, 3.8) is 0 Å². The van der Waals surface area contributed by atoms with Gasteiger partial charge in [-0.2, -0.15) is 13.2 Å². The Kier molecular flexibility index (Phi) is 5.51. The summed E-state index contributed by atoms with van der Waals surface area (Å²) < 4.78 is 36.3. The Morgan fingerprint density at radius 1 is 1.25 bits per heavy atom. The zero-order valence-electron chi connectivity index (χ0n) is 9.39. The van der Waals surface area contributed by atoms with E-state index in [1.165, 1.54) is 4.90 Å². The van der Waals surface area contributed by atoms with E-state index in [0.717, 1.165) is 25.8 Å². The number of rotatable bonds is 5. The van der Waals surface area contributed by atoms with Gasteiger partial charge in [-0.25, -0.2) is 0 Å². The number of likely N-dealkylation sites (tertiary alicyclic amines) is 1. The summed E-state index contributed by atoms with van der Waals surface area (Å²) >= 11 is 0. The molecule has 0 saturated carbocycles. The first-order valence-corrected chi connectivity index (χ1v) is 5.74. The molecule has 0 radical (unpaired) electrons. The minimum atomic E-state index is -4.07. The summed E-state index contributed by atoms with van der Waals surface area (Å²) in [6.07, 6.45) is -1.57. The van der Waals surface area contributed by atoms with Crippen LogP contribution in [0.3, 0.4) is 0 Å². The molecule has 0 aliphatic carbocycles. The van der Waals surface area contributed by atoms with Crippen molar-refractivity contribution in [2.75, 3.05) is 32.7 Å². The maximum Gasteiger partial charge on any atom is 0.401 e. The van der Waals surface area contributed by atoms with Gasteiger partial charge in [-0.3, -0.25) is 4.90 Å². The molecular weight excluding hydrogens is 219 g/mol. The van der Waals surface area contributed by atoms with E-state index in [-0.39, 0.29) is 0 Å². The molecule has 0 aromatic heterocycles. The third kappa shape index (κ3) is 5.67. The summed E-state index contributed by atoms with van der Waals surface area (Å²) in [5.41, 5.74) is 5.36. The van der Waals surface area contributed by atoms with Crippen LogP contribution in [0.15, 0.2) is 0 Å². The van der Waals surface area contributed by atoms with Crippen LogP contribution in [-0.4, -0.2) is 49.8 Å². The molecule has 1 aliphatic rings. The predicted octanol–water partition coefficient (Wildman–Crippen LogP) is 0.951. The highest BCUT2D eigenvalue weighted by Gasteiger charge is 2.32. The first-order valence-electron chi connectivity index (χ1n) is 5.74. The van der Waals surface area contributed by atoms with Crippen molar-refractivity contribution in [1.29, 1.82) is 0 Å². The number of piperidine rings is 1. The van der Waals surface area contributed by atoms with E-state index >= 15 is 0 Å². The summed E-state index contributed by atoms with van der Waals surface area (Å²) in [4.78, 5) is 1.47. The van der Waals surface area contributed by atoms with Gasteiger partial charge in [0.1, 0.15) is 0 Å². The Labute approximate surface area is 94.2 Å². The van der Waals surface area contributed by atoms with E-state index in [4.69, 9.17) is 5.73 Å². The molecule has 0 bridgehead atoms. The van der Waals surface area contributed by atoms with Crippen molar-refractivity contribution in [2.24, 2.45) is 5.73 Å². The van der Waals surface area contributed by atoms with E-state index < -0.39 is 12.7 Å². The molecule has 1 fully saturated rings. The number of hydrogen-bond acceptors (Lipinski definition) is 3. The second-order valence-electron chi connectivity index (χ2n) is 4.26. The fraction of sp³-hybridized carbons (Fsp3) is 1.00. The highest BCUT2D eigenvalue weighted by atomic mass is 19.4.